The Morgan fingerprint density at radius 3 is 2.65 bits per heavy atom. The zero-order valence-corrected chi connectivity index (χ0v) is 11.3. The molecule has 3 N–H and O–H groups in total. The summed E-state index contributed by atoms with van der Waals surface area (Å²) in [4.78, 5) is 25.0. The van der Waals surface area contributed by atoms with Crippen LogP contribution in [0.5, 0.6) is 0 Å². The second kappa shape index (κ2) is 5.44. The van der Waals surface area contributed by atoms with Crippen molar-refractivity contribution >= 4 is 23.2 Å². The molecule has 0 aliphatic carbocycles. The van der Waals surface area contributed by atoms with Crippen molar-refractivity contribution in [1.29, 1.82) is 0 Å². The Kier molecular flexibility index (Phi) is 3.49. The van der Waals surface area contributed by atoms with Gasteiger partial charge in [0.1, 0.15) is 6.04 Å². The van der Waals surface area contributed by atoms with E-state index in [9.17, 15) is 9.59 Å². The number of rotatable bonds is 3. The van der Waals surface area contributed by atoms with Crippen molar-refractivity contribution in [3.8, 4) is 0 Å². The molecule has 0 saturated carbocycles. The molecular formula is C14H13N3O2S. The fourth-order valence-corrected chi connectivity index (χ4v) is 2.94. The quantitative estimate of drug-likeness (QED) is 0.795. The van der Waals surface area contributed by atoms with E-state index in [1.807, 2.05) is 23.6 Å². The van der Waals surface area contributed by atoms with Crippen molar-refractivity contribution < 1.29 is 9.59 Å². The average molecular weight is 287 g/mol. The number of hydrogen-bond acceptors (Lipinski definition) is 4. The number of carbonyl (C=O) groups is 2. The molecule has 3 rings (SSSR count). The largest absolute Gasteiger partial charge is 0.338 e. The van der Waals surface area contributed by atoms with Crippen LogP contribution in [0.1, 0.15) is 21.3 Å². The molecule has 2 atom stereocenters. The number of amides is 2. The molecular weight excluding hydrogens is 274 g/mol. The van der Waals surface area contributed by atoms with Crippen LogP contribution in [0.25, 0.3) is 0 Å². The average Bonchev–Trinajstić information content (AvgIpc) is 3.11. The predicted molar refractivity (Wildman–Crippen MR) is 76.0 cm³/mol. The molecule has 2 aromatic rings. The summed E-state index contributed by atoms with van der Waals surface area (Å²) in [7, 11) is 0. The lowest BCUT2D eigenvalue weighted by atomic mass is 10.1. The van der Waals surface area contributed by atoms with Crippen LogP contribution in [0.3, 0.4) is 0 Å². The summed E-state index contributed by atoms with van der Waals surface area (Å²) in [6.45, 7) is 0. The lowest BCUT2D eigenvalue weighted by molar-refractivity contribution is -0.121. The predicted octanol–water partition coefficient (Wildman–Crippen LogP) is 1.22. The number of nitrogens with one attached hydrogen (secondary N) is 3. The van der Waals surface area contributed by atoms with Crippen LogP contribution in [0.2, 0.25) is 0 Å². The molecule has 1 aliphatic rings. The summed E-state index contributed by atoms with van der Waals surface area (Å²) in [5, 5.41) is 4.72. The summed E-state index contributed by atoms with van der Waals surface area (Å²) in [5.41, 5.74) is 6.02. The zero-order chi connectivity index (χ0) is 13.9. The lowest BCUT2D eigenvalue weighted by Crippen LogP contribution is -2.42. The summed E-state index contributed by atoms with van der Waals surface area (Å²) in [6.07, 6.45) is 0. The molecule has 0 unspecified atom stereocenters. The van der Waals surface area contributed by atoms with Gasteiger partial charge in [0.15, 0.2) is 0 Å². The van der Waals surface area contributed by atoms with E-state index in [0.717, 1.165) is 4.88 Å². The highest BCUT2D eigenvalue weighted by Crippen LogP contribution is 2.24. The molecule has 1 fully saturated rings. The number of thiophene rings is 1. The molecule has 0 radical (unpaired) electrons. The van der Waals surface area contributed by atoms with Crippen molar-refractivity contribution in [2.75, 3.05) is 0 Å². The third-order valence-corrected chi connectivity index (χ3v) is 4.09. The number of hydrogen-bond donors (Lipinski definition) is 3. The Hall–Kier alpha value is -2.18. The minimum atomic E-state index is -0.610. The van der Waals surface area contributed by atoms with Gasteiger partial charge in [-0.05, 0) is 23.6 Å². The summed E-state index contributed by atoms with van der Waals surface area (Å²) < 4.78 is 0. The molecule has 1 aliphatic heterocycles. The van der Waals surface area contributed by atoms with Crippen LogP contribution in [-0.4, -0.2) is 17.9 Å². The van der Waals surface area contributed by atoms with Gasteiger partial charge in [0.25, 0.3) is 11.8 Å². The van der Waals surface area contributed by atoms with E-state index in [2.05, 4.69) is 16.2 Å². The van der Waals surface area contributed by atoms with E-state index in [-0.39, 0.29) is 17.9 Å². The van der Waals surface area contributed by atoms with Crippen LogP contribution in [0, 0.1) is 0 Å². The molecule has 1 aromatic heterocycles. The van der Waals surface area contributed by atoms with Crippen molar-refractivity contribution in [1.82, 2.24) is 16.2 Å². The van der Waals surface area contributed by atoms with Gasteiger partial charge in [0.2, 0.25) is 0 Å². The summed E-state index contributed by atoms with van der Waals surface area (Å²) in [5.74, 6) is -0.483. The van der Waals surface area contributed by atoms with Crippen molar-refractivity contribution in [3.05, 3.63) is 58.3 Å². The van der Waals surface area contributed by atoms with Gasteiger partial charge >= 0.3 is 0 Å². The Balaban J connectivity index is 1.78. The molecule has 20 heavy (non-hydrogen) atoms. The minimum Gasteiger partial charge on any atom is -0.338 e. The highest BCUT2D eigenvalue weighted by molar-refractivity contribution is 7.10. The van der Waals surface area contributed by atoms with Crippen LogP contribution < -0.4 is 16.2 Å². The van der Waals surface area contributed by atoms with E-state index < -0.39 is 6.04 Å². The van der Waals surface area contributed by atoms with E-state index in [0.29, 0.717) is 5.56 Å². The number of carbonyl (C=O) groups excluding carboxylic acids is 2. The molecule has 5 nitrogen and oxygen atoms in total. The second-order valence-corrected chi connectivity index (χ2v) is 5.42. The monoisotopic (exact) mass is 287 g/mol. The number of hydrazine groups is 1. The third kappa shape index (κ3) is 2.43. The standard InChI is InChI=1S/C14H13N3O2S/c18-13(9-5-2-1-3-6-9)15-12-11(16-17-14(12)19)10-7-4-8-20-10/h1-8,11-12,16H,(H,15,18)(H,17,19)/t11-,12+/m1/s1. The van der Waals surface area contributed by atoms with Crippen LogP contribution >= 0.6 is 11.3 Å². The Morgan fingerprint density at radius 2 is 1.95 bits per heavy atom. The van der Waals surface area contributed by atoms with E-state index >= 15 is 0 Å². The summed E-state index contributed by atoms with van der Waals surface area (Å²) >= 11 is 1.54. The van der Waals surface area contributed by atoms with Gasteiger partial charge in [0, 0.05) is 10.4 Å². The zero-order valence-electron chi connectivity index (χ0n) is 10.5. The maximum Gasteiger partial charge on any atom is 0.258 e. The topological polar surface area (TPSA) is 70.2 Å². The first-order valence-electron chi connectivity index (χ1n) is 6.20. The van der Waals surface area contributed by atoms with E-state index in [1.165, 1.54) is 0 Å². The number of benzene rings is 1. The first-order valence-corrected chi connectivity index (χ1v) is 7.08. The molecule has 1 aromatic carbocycles. The Morgan fingerprint density at radius 1 is 1.15 bits per heavy atom. The highest BCUT2D eigenvalue weighted by atomic mass is 32.1. The molecule has 102 valence electrons. The first-order chi connectivity index (χ1) is 9.75. The maximum atomic E-state index is 12.1. The maximum absolute atomic E-state index is 12.1. The van der Waals surface area contributed by atoms with Gasteiger partial charge in [-0.2, -0.15) is 0 Å². The first kappa shape index (κ1) is 12.8. The SMILES string of the molecule is O=C(N[C@@H]1C(=O)NN[C@@H]1c1cccs1)c1ccccc1. The smallest absolute Gasteiger partial charge is 0.258 e. The molecule has 1 saturated heterocycles. The van der Waals surface area contributed by atoms with Crippen molar-refractivity contribution in [3.63, 3.8) is 0 Å². The van der Waals surface area contributed by atoms with E-state index in [1.54, 1.807) is 35.6 Å². The molecule has 2 heterocycles. The fourth-order valence-electron chi connectivity index (χ4n) is 2.13. The minimum absolute atomic E-state index is 0.229. The van der Waals surface area contributed by atoms with Crippen LogP contribution in [0.4, 0.5) is 0 Å². The molecule has 0 spiro atoms. The molecule has 0 bridgehead atoms. The van der Waals surface area contributed by atoms with Gasteiger partial charge in [-0.15, -0.1) is 11.3 Å². The van der Waals surface area contributed by atoms with Gasteiger partial charge in [-0.3, -0.25) is 15.0 Å². The lowest BCUT2D eigenvalue weighted by Gasteiger charge is -2.16. The van der Waals surface area contributed by atoms with Gasteiger partial charge in [-0.1, -0.05) is 24.3 Å². The second-order valence-electron chi connectivity index (χ2n) is 4.44. The third-order valence-electron chi connectivity index (χ3n) is 3.14. The van der Waals surface area contributed by atoms with Crippen molar-refractivity contribution in [2.45, 2.75) is 12.1 Å². The Bertz CT molecular complexity index is 613. The van der Waals surface area contributed by atoms with Crippen LogP contribution in [-0.2, 0) is 4.79 Å². The van der Waals surface area contributed by atoms with Crippen molar-refractivity contribution in [2.24, 2.45) is 0 Å². The van der Waals surface area contributed by atoms with Gasteiger partial charge in [0.05, 0.1) is 6.04 Å². The molecule has 2 amide bonds. The van der Waals surface area contributed by atoms with Gasteiger partial charge in [-0.25, -0.2) is 5.43 Å². The van der Waals surface area contributed by atoms with Gasteiger partial charge < -0.3 is 5.32 Å². The van der Waals surface area contributed by atoms with E-state index in [4.69, 9.17) is 0 Å². The van der Waals surface area contributed by atoms with Crippen LogP contribution in [0.15, 0.2) is 47.8 Å². The highest BCUT2D eigenvalue weighted by Gasteiger charge is 2.37. The summed E-state index contributed by atoms with van der Waals surface area (Å²) in [6, 6.07) is 11.9. The normalized spacial score (nSPS) is 21.5. The Labute approximate surface area is 120 Å². The molecule has 6 heteroatoms. The fraction of sp³-hybridized carbons (Fsp3) is 0.143.